The van der Waals surface area contributed by atoms with E-state index in [1.54, 1.807) is 7.11 Å². The standard InChI is InChI=1S/C15H21N3O4.2ClH/c1-19-6-7-20-5-4-18-12-9-14-13(21-10-22-14)8-11(12)17-15(18)2-3-16;;/h8-9H,2-7,10,16H2,1H3;2*1H. The van der Waals surface area contributed by atoms with Gasteiger partial charge >= 0.3 is 0 Å². The maximum absolute atomic E-state index is 5.69. The molecule has 1 aromatic heterocycles. The van der Waals surface area contributed by atoms with Gasteiger partial charge in [0.2, 0.25) is 6.79 Å². The van der Waals surface area contributed by atoms with Crippen LogP contribution in [0.4, 0.5) is 0 Å². The van der Waals surface area contributed by atoms with Gasteiger partial charge in [-0.2, -0.15) is 0 Å². The molecule has 136 valence electrons. The fourth-order valence-corrected chi connectivity index (χ4v) is 2.53. The zero-order valence-electron chi connectivity index (χ0n) is 13.5. The number of hydrogen-bond acceptors (Lipinski definition) is 6. The Morgan fingerprint density at radius 1 is 1.17 bits per heavy atom. The smallest absolute Gasteiger partial charge is 0.231 e. The predicted octanol–water partition coefficient (Wildman–Crippen LogP) is 1.77. The number of aromatic nitrogens is 2. The highest BCUT2D eigenvalue weighted by molar-refractivity contribution is 5.85. The molecule has 0 saturated carbocycles. The van der Waals surface area contributed by atoms with Gasteiger partial charge in [-0.1, -0.05) is 0 Å². The van der Waals surface area contributed by atoms with Gasteiger partial charge in [0.05, 0.1) is 30.9 Å². The lowest BCUT2D eigenvalue weighted by Crippen LogP contribution is -2.14. The summed E-state index contributed by atoms with van der Waals surface area (Å²) in [6.45, 7) is 3.31. The maximum atomic E-state index is 5.69. The first-order valence-corrected chi connectivity index (χ1v) is 7.39. The molecule has 2 heterocycles. The van der Waals surface area contributed by atoms with E-state index in [0.717, 1.165) is 41.3 Å². The van der Waals surface area contributed by atoms with Gasteiger partial charge in [-0.15, -0.1) is 24.8 Å². The second-order valence-corrected chi connectivity index (χ2v) is 5.02. The van der Waals surface area contributed by atoms with Gasteiger partial charge in [0.15, 0.2) is 11.5 Å². The average Bonchev–Trinajstić information content (AvgIpc) is 3.09. The number of methoxy groups -OCH3 is 1. The fraction of sp³-hybridized carbons (Fsp3) is 0.533. The molecule has 24 heavy (non-hydrogen) atoms. The number of nitrogens with zero attached hydrogens (tertiary/aromatic N) is 2. The van der Waals surface area contributed by atoms with Crippen molar-refractivity contribution in [3.05, 3.63) is 18.0 Å². The van der Waals surface area contributed by atoms with Crippen molar-refractivity contribution in [1.29, 1.82) is 0 Å². The van der Waals surface area contributed by atoms with E-state index < -0.39 is 0 Å². The average molecular weight is 380 g/mol. The van der Waals surface area contributed by atoms with Gasteiger partial charge in [-0.05, 0) is 6.54 Å². The summed E-state index contributed by atoms with van der Waals surface area (Å²) in [6.07, 6.45) is 0.721. The number of hydrogen-bond donors (Lipinski definition) is 1. The van der Waals surface area contributed by atoms with Crippen LogP contribution < -0.4 is 15.2 Å². The molecule has 1 aliphatic rings. The third-order valence-electron chi connectivity index (χ3n) is 3.58. The highest BCUT2D eigenvalue weighted by Gasteiger charge is 2.18. The van der Waals surface area contributed by atoms with Crippen molar-refractivity contribution in [2.45, 2.75) is 13.0 Å². The Kier molecular flexibility index (Phi) is 8.58. The number of imidazole rings is 1. The predicted molar refractivity (Wildman–Crippen MR) is 95.8 cm³/mol. The Labute approximate surface area is 153 Å². The summed E-state index contributed by atoms with van der Waals surface area (Å²) < 4.78 is 23.5. The summed E-state index contributed by atoms with van der Waals surface area (Å²) >= 11 is 0. The molecule has 0 radical (unpaired) electrons. The molecular weight excluding hydrogens is 357 g/mol. The molecule has 1 aromatic carbocycles. The Morgan fingerprint density at radius 3 is 2.62 bits per heavy atom. The van der Waals surface area contributed by atoms with Crippen molar-refractivity contribution in [1.82, 2.24) is 9.55 Å². The molecule has 0 aliphatic carbocycles. The third-order valence-corrected chi connectivity index (χ3v) is 3.58. The number of benzene rings is 1. The van der Waals surface area contributed by atoms with Crippen LogP contribution in [0.1, 0.15) is 5.82 Å². The van der Waals surface area contributed by atoms with Gasteiger partial charge in [0.1, 0.15) is 5.82 Å². The van der Waals surface area contributed by atoms with Gasteiger partial charge in [0.25, 0.3) is 0 Å². The number of nitrogens with two attached hydrogens (primary N) is 1. The van der Waals surface area contributed by atoms with E-state index in [1.165, 1.54) is 0 Å². The van der Waals surface area contributed by atoms with Crippen molar-refractivity contribution in [3.8, 4) is 11.5 Å². The molecule has 0 atom stereocenters. The van der Waals surface area contributed by atoms with Gasteiger partial charge in [0, 0.05) is 32.2 Å². The Hall–Kier alpha value is -1.25. The van der Waals surface area contributed by atoms with Gasteiger partial charge < -0.3 is 29.2 Å². The topological polar surface area (TPSA) is 80.8 Å². The summed E-state index contributed by atoms with van der Waals surface area (Å²) in [6, 6.07) is 3.89. The van der Waals surface area contributed by atoms with Crippen LogP contribution in [-0.4, -0.2) is 49.8 Å². The molecule has 0 bridgehead atoms. The lowest BCUT2D eigenvalue weighted by Gasteiger charge is -2.09. The fourth-order valence-electron chi connectivity index (χ4n) is 2.53. The van der Waals surface area contributed by atoms with Crippen LogP contribution in [0, 0.1) is 0 Å². The van der Waals surface area contributed by atoms with Gasteiger partial charge in [-0.25, -0.2) is 4.98 Å². The van der Waals surface area contributed by atoms with E-state index in [0.29, 0.717) is 26.4 Å². The van der Waals surface area contributed by atoms with Crippen LogP contribution in [-0.2, 0) is 22.4 Å². The van der Waals surface area contributed by atoms with Crippen molar-refractivity contribution < 1.29 is 18.9 Å². The first-order valence-electron chi connectivity index (χ1n) is 7.39. The minimum atomic E-state index is 0. The third kappa shape index (κ3) is 4.43. The summed E-state index contributed by atoms with van der Waals surface area (Å²) in [5.41, 5.74) is 7.60. The molecule has 2 aromatic rings. The highest BCUT2D eigenvalue weighted by Crippen LogP contribution is 2.36. The van der Waals surface area contributed by atoms with Crippen molar-refractivity contribution in [3.63, 3.8) is 0 Å². The van der Waals surface area contributed by atoms with E-state index in [9.17, 15) is 0 Å². The summed E-state index contributed by atoms with van der Waals surface area (Å²) in [4.78, 5) is 4.66. The van der Waals surface area contributed by atoms with E-state index in [1.807, 2.05) is 12.1 Å². The number of halogens is 2. The van der Waals surface area contributed by atoms with Crippen LogP contribution in [0.3, 0.4) is 0 Å². The lowest BCUT2D eigenvalue weighted by molar-refractivity contribution is 0.0667. The second-order valence-electron chi connectivity index (χ2n) is 5.02. The highest BCUT2D eigenvalue weighted by atomic mass is 35.5. The molecule has 0 fully saturated rings. The molecule has 0 saturated heterocycles. The quantitative estimate of drug-likeness (QED) is 0.704. The minimum Gasteiger partial charge on any atom is -0.454 e. The molecule has 2 N–H and O–H groups in total. The van der Waals surface area contributed by atoms with E-state index in [2.05, 4.69) is 9.55 Å². The molecule has 0 spiro atoms. The van der Waals surface area contributed by atoms with E-state index >= 15 is 0 Å². The first kappa shape index (κ1) is 20.8. The normalized spacial score (nSPS) is 12.1. The molecule has 0 unspecified atom stereocenters. The molecule has 0 amide bonds. The van der Waals surface area contributed by atoms with Gasteiger partial charge in [-0.3, -0.25) is 0 Å². The minimum absolute atomic E-state index is 0. The zero-order chi connectivity index (χ0) is 15.4. The van der Waals surface area contributed by atoms with Crippen molar-refractivity contribution in [2.24, 2.45) is 5.73 Å². The van der Waals surface area contributed by atoms with Crippen molar-refractivity contribution >= 4 is 35.8 Å². The summed E-state index contributed by atoms with van der Waals surface area (Å²) in [5, 5.41) is 0. The monoisotopic (exact) mass is 379 g/mol. The lowest BCUT2D eigenvalue weighted by atomic mass is 10.2. The number of rotatable bonds is 8. The maximum Gasteiger partial charge on any atom is 0.231 e. The second kappa shape index (κ2) is 9.90. The molecule has 3 rings (SSSR count). The number of fused-ring (bicyclic) bond motifs is 2. The molecule has 1 aliphatic heterocycles. The van der Waals surface area contributed by atoms with Crippen LogP contribution in [0.15, 0.2) is 12.1 Å². The zero-order valence-corrected chi connectivity index (χ0v) is 15.2. The van der Waals surface area contributed by atoms with Crippen LogP contribution in [0.25, 0.3) is 11.0 Å². The first-order chi connectivity index (χ1) is 10.8. The largest absolute Gasteiger partial charge is 0.454 e. The van der Waals surface area contributed by atoms with E-state index in [4.69, 9.17) is 24.7 Å². The molecule has 7 nitrogen and oxygen atoms in total. The Morgan fingerprint density at radius 2 is 1.92 bits per heavy atom. The van der Waals surface area contributed by atoms with Crippen LogP contribution in [0.5, 0.6) is 11.5 Å². The van der Waals surface area contributed by atoms with Crippen LogP contribution in [0.2, 0.25) is 0 Å². The Balaban J connectivity index is 0.00000144. The molecule has 9 heteroatoms. The van der Waals surface area contributed by atoms with Crippen LogP contribution >= 0.6 is 24.8 Å². The SMILES string of the molecule is COCCOCCn1c(CCN)nc2cc3c(cc21)OCO3.Cl.Cl. The summed E-state index contributed by atoms with van der Waals surface area (Å²) in [7, 11) is 1.66. The number of ether oxygens (including phenoxy) is 4. The Bertz CT molecular complexity index is 651. The summed E-state index contributed by atoms with van der Waals surface area (Å²) in [5.74, 6) is 2.46. The molecular formula is C15H23Cl2N3O4. The van der Waals surface area contributed by atoms with Crippen molar-refractivity contribution in [2.75, 3.05) is 40.3 Å². The van der Waals surface area contributed by atoms with E-state index in [-0.39, 0.29) is 31.6 Å².